The third kappa shape index (κ3) is 5.56. The van der Waals surface area contributed by atoms with E-state index in [0.29, 0.717) is 5.17 Å². The lowest BCUT2D eigenvalue weighted by atomic mass is 9.81. The summed E-state index contributed by atoms with van der Waals surface area (Å²) < 4.78 is 0. The number of hydrogen-bond donors (Lipinski definition) is 2. The number of thioether (sulfide) groups is 1. The van der Waals surface area contributed by atoms with Crippen molar-refractivity contribution in [3.05, 3.63) is 0 Å². The fourth-order valence-corrected chi connectivity index (χ4v) is 5.82. The maximum atomic E-state index is 13.1. The number of carbonyl (C=O) groups excluding carboxylic acids is 3. The van der Waals surface area contributed by atoms with Gasteiger partial charge in [-0.2, -0.15) is 0 Å². The molecule has 1 saturated heterocycles. The zero-order valence-electron chi connectivity index (χ0n) is 18.5. The van der Waals surface area contributed by atoms with Gasteiger partial charge in [0.05, 0.1) is 0 Å². The van der Waals surface area contributed by atoms with Gasteiger partial charge in [-0.25, -0.2) is 5.43 Å². The Morgan fingerprint density at radius 2 is 1.63 bits per heavy atom. The quantitative estimate of drug-likeness (QED) is 0.493. The van der Waals surface area contributed by atoms with Crippen molar-refractivity contribution in [1.29, 1.82) is 0 Å². The summed E-state index contributed by atoms with van der Waals surface area (Å²) in [5, 5.41) is 7.86. The average Bonchev–Trinajstić information content (AvgIpc) is 3.03. The van der Waals surface area contributed by atoms with Gasteiger partial charge in [0.1, 0.15) is 6.04 Å². The Morgan fingerprint density at radius 3 is 2.20 bits per heavy atom. The second-order valence-electron chi connectivity index (χ2n) is 9.58. The molecule has 1 aliphatic heterocycles. The lowest BCUT2D eigenvalue weighted by Crippen LogP contribution is -2.52. The summed E-state index contributed by atoms with van der Waals surface area (Å²) in [5.41, 5.74) is 2.41. The molecule has 0 aromatic heterocycles. The Kier molecular flexibility index (Phi) is 7.82. The molecule has 30 heavy (non-hydrogen) atoms. The van der Waals surface area contributed by atoms with E-state index >= 15 is 0 Å². The van der Waals surface area contributed by atoms with Crippen LogP contribution in [0, 0.1) is 11.8 Å². The van der Waals surface area contributed by atoms with Crippen molar-refractivity contribution in [3.8, 4) is 0 Å². The molecule has 1 atom stereocenters. The van der Waals surface area contributed by atoms with Crippen molar-refractivity contribution in [2.45, 2.75) is 89.6 Å². The van der Waals surface area contributed by atoms with Crippen LogP contribution in [0.2, 0.25) is 0 Å². The molecule has 0 radical (unpaired) electrons. The summed E-state index contributed by atoms with van der Waals surface area (Å²) in [7, 11) is 1.93. The van der Waals surface area contributed by atoms with E-state index in [1.165, 1.54) is 6.42 Å². The molecule has 3 fully saturated rings. The number of nitrogens with zero attached hydrogens (tertiary/aromatic N) is 2. The SMILES string of the molecule is CN1/C(=N/NC(=O)C(=O)C(NC(=O)C2CCCCC2)C2CCCCC2)SCC1(C)C. The predicted molar refractivity (Wildman–Crippen MR) is 120 cm³/mol. The molecule has 1 heterocycles. The Labute approximate surface area is 184 Å². The van der Waals surface area contributed by atoms with Crippen molar-refractivity contribution in [2.24, 2.45) is 16.9 Å². The number of carbonyl (C=O) groups is 3. The van der Waals surface area contributed by atoms with E-state index in [1.54, 1.807) is 11.8 Å². The van der Waals surface area contributed by atoms with Crippen molar-refractivity contribution in [1.82, 2.24) is 15.6 Å². The van der Waals surface area contributed by atoms with E-state index in [2.05, 4.69) is 29.7 Å². The maximum absolute atomic E-state index is 13.1. The van der Waals surface area contributed by atoms with E-state index in [1.807, 2.05) is 11.9 Å². The van der Waals surface area contributed by atoms with Crippen LogP contribution in [0.5, 0.6) is 0 Å². The van der Waals surface area contributed by atoms with E-state index in [0.717, 1.165) is 63.5 Å². The second kappa shape index (κ2) is 10.2. The van der Waals surface area contributed by atoms with Crippen LogP contribution in [-0.2, 0) is 14.4 Å². The van der Waals surface area contributed by atoms with Gasteiger partial charge >= 0.3 is 5.91 Å². The first-order valence-corrected chi connectivity index (χ1v) is 12.4. The van der Waals surface area contributed by atoms with E-state index < -0.39 is 17.7 Å². The first kappa shape index (κ1) is 23.1. The minimum Gasteiger partial charge on any atom is -0.347 e. The summed E-state index contributed by atoms with van der Waals surface area (Å²) in [6, 6.07) is -0.745. The number of hydrogen-bond acceptors (Lipinski definition) is 5. The van der Waals surface area contributed by atoms with Gasteiger partial charge < -0.3 is 10.2 Å². The maximum Gasteiger partial charge on any atom is 0.309 e. The lowest BCUT2D eigenvalue weighted by molar-refractivity contribution is -0.141. The van der Waals surface area contributed by atoms with Crippen LogP contribution in [0.15, 0.2) is 5.10 Å². The minimum absolute atomic E-state index is 0.0275. The fraction of sp³-hybridized carbons (Fsp3) is 0.818. The highest BCUT2D eigenvalue weighted by Crippen LogP contribution is 2.31. The first-order chi connectivity index (χ1) is 14.3. The summed E-state index contributed by atoms with van der Waals surface area (Å²) in [6.45, 7) is 4.21. The molecule has 2 saturated carbocycles. The summed E-state index contributed by atoms with van der Waals surface area (Å²) in [5.74, 6) is -0.508. The number of amidine groups is 1. The first-order valence-electron chi connectivity index (χ1n) is 11.4. The number of rotatable bonds is 6. The molecular formula is C22H36N4O3S. The predicted octanol–water partition coefficient (Wildman–Crippen LogP) is 3.05. The van der Waals surface area contributed by atoms with Crippen molar-refractivity contribution in [3.63, 3.8) is 0 Å². The number of hydrazone groups is 1. The molecule has 3 aliphatic rings. The number of ketones is 1. The highest BCUT2D eigenvalue weighted by molar-refractivity contribution is 8.14. The second-order valence-corrected chi connectivity index (χ2v) is 10.5. The highest BCUT2D eigenvalue weighted by Gasteiger charge is 2.37. The van der Waals surface area contributed by atoms with Gasteiger partial charge in [-0.05, 0) is 45.4 Å². The Morgan fingerprint density at radius 1 is 1.03 bits per heavy atom. The third-order valence-corrected chi connectivity index (χ3v) is 8.38. The molecule has 3 rings (SSSR count). The van der Waals surface area contributed by atoms with Gasteiger partial charge in [0.25, 0.3) is 0 Å². The lowest BCUT2D eigenvalue weighted by Gasteiger charge is -2.31. The van der Waals surface area contributed by atoms with Gasteiger partial charge in [-0.3, -0.25) is 14.4 Å². The number of Topliss-reactive ketones (excluding diaryl/α,β-unsaturated/α-hetero) is 1. The molecule has 0 aromatic rings. The van der Waals surface area contributed by atoms with E-state index in [4.69, 9.17) is 0 Å². The van der Waals surface area contributed by atoms with E-state index in [-0.39, 0.29) is 23.3 Å². The highest BCUT2D eigenvalue weighted by atomic mass is 32.2. The Hall–Kier alpha value is -1.57. The average molecular weight is 437 g/mol. The summed E-state index contributed by atoms with van der Waals surface area (Å²) in [6.07, 6.45) is 9.98. The van der Waals surface area contributed by atoms with Crippen LogP contribution >= 0.6 is 11.8 Å². The molecule has 7 nitrogen and oxygen atoms in total. The molecule has 0 bridgehead atoms. The van der Waals surface area contributed by atoms with E-state index in [9.17, 15) is 14.4 Å². The van der Waals surface area contributed by atoms with Crippen LogP contribution in [0.3, 0.4) is 0 Å². The van der Waals surface area contributed by atoms with Crippen molar-refractivity contribution >= 4 is 34.5 Å². The standard InChI is InChI=1S/C22H36N4O3S/c1-22(2)14-30-21(26(22)3)25-24-20(29)18(27)17(15-10-6-4-7-11-15)23-19(28)16-12-8-5-9-13-16/h15-17H,4-14H2,1-3H3,(H,23,28)(H,24,29)/b25-21-. The van der Waals surface area contributed by atoms with Crippen molar-refractivity contribution in [2.75, 3.05) is 12.8 Å². The molecule has 0 spiro atoms. The smallest absolute Gasteiger partial charge is 0.309 e. The van der Waals surface area contributed by atoms with Crippen LogP contribution in [0.25, 0.3) is 0 Å². The monoisotopic (exact) mass is 436 g/mol. The molecule has 1 unspecified atom stereocenters. The number of nitrogens with one attached hydrogen (secondary N) is 2. The van der Waals surface area contributed by atoms with Gasteiger partial charge in [0.2, 0.25) is 11.7 Å². The summed E-state index contributed by atoms with van der Waals surface area (Å²) >= 11 is 1.56. The normalized spacial score (nSPS) is 25.2. The van der Waals surface area contributed by atoms with Crippen molar-refractivity contribution < 1.29 is 14.4 Å². The Balaban J connectivity index is 1.66. The largest absolute Gasteiger partial charge is 0.347 e. The zero-order chi connectivity index (χ0) is 21.7. The minimum atomic E-state index is -0.745. The third-order valence-electron chi connectivity index (χ3n) is 6.90. The van der Waals surface area contributed by atoms with Crippen LogP contribution in [-0.4, -0.2) is 52.0 Å². The zero-order valence-corrected chi connectivity index (χ0v) is 19.4. The van der Waals surface area contributed by atoms with Crippen LogP contribution < -0.4 is 10.7 Å². The fourth-order valence-electron chi connectivity index (χ4n) is 4.60. The topological polar surface area (TPSA) is 90.9 Å². The molecule has 8 heteroatoms. The molecule has 0 aromatic carbocycles. The molecular weight excluding hydrogens is 400 g/mol. The molecule has 2 amide bonds. The molecule has 2 N–H and O–H groups in total. The van der Waals surface area contributed by atoms with Gasteiger partial charge in [-0.1, -0.05) is 50.3 Å². The Bertz CT molecular complexity index is 682. The molecule has 2 aliphatic carbocycles. The van der Waals surface area contributed by atoms with Gasteiger partial charge in [-0.15, -0.1) is 5.10 Å². The van der Waals surface area contributed by atoms with Gasteiger partial charge in [0, 0.05) is 24.3 Å². The van der Waals surface area contributed by atoms with Gasteiger partial charge in [0.15, 0.2) is 5.17 Å². The van der Waals surface area contributed by atoms with Crippen LogP contribution in [0.4, 0.5) is 0 Å². The molecule has 168 valence electrons. The number of amides is 2. The summed E-state index contributed by atoms with van der Waals surface area (Å²) in [4.78, 5) is 40.6. The van der Waals surface area contributed by atoms with Crippen LogP contribution in [0.1, 0.15) is 78.1 Å².